The first-order valence-corrected chi connectivity index (χ1v) is 13.0. The van der Waals surface area contributed by atoms with Crippen LogP contribution in [-0.2, 0) is 17.9 Å². The molecule has 0 unspecified atom stereocenters. The maximum atomic E-state index is 11.2. The minimum absolute atomic E-state index is 0.152. The molecule has 7 rings (SSSR count). The van der Waals surface area contributed by atoms with Crippen molar-refractivity contribution in [2.45, 2.75) is 76.0 Å². The molecule has 1 N–H and O–H groups in total. The highest BCUT2D eigenvalue weighted by Gasteiger charge is 2.50. The number of carboxylic acids is 1. The average molecular weight is 516 g/mol. The number of fused-ring (bicyclic) bond motifs is 3. The van der Waals surface area contributed by atoms with Crippen LogP contribution >= 0.6 is 23.2 Å². The van der Waals surface area contributed by atoms with E-state index in [0.717, 1.165) is 69.2 Å². The number of benzene rings is 1. The number of hydrogen-bond acceptors (Lipinski definition) is 5. The third-order valence-corrected chi connectivity index (χ3v) is 8.83. The summed E-state index contributed by atoms with van der Waals surface area (Å²) in [4.78, 5) is 11.2. The maximum absolute atomic E-state index is 11.2. The maximum Gasteiger partial charge on any atom is 0.338 e. The summed E-state index contributed by atoms with van der Waals surface area (Å²) in [5.74, 6) is 0.357. The molecule has 184 valence electrons. The molecule has 4 saturated carbocycles. The highest BCUT2D eigenvalue weighted by atomic mass is 35.5. The SMILES string of the molecule is O=C(O)c1cnn(CC23CCC(OCc4c(-c5c(Cl)cccc5Cl)noc4C4CC4)(CC2)CC3)c1. The first-order valence-electron chi connectivity index (χ1n) is 12.2. The quantitative estimate of drug-likeness (QED) is 0.357. The molecule has 3 aromatic rings. The van der Waals surface area contributed by atoms with Crippen molar-refractivity contribution in [2.24, 2.45) is 5.41 Å². The predicted octanol–water partition coefficient (Wildman–Crippen LogP) is 6.73. The Morgan fingerprint density at radius 3 is 2.43 bits per heavy atom. The average Bonchev–Trinajstić information content (AvgIpc) is 3.44. The highest BCUT2D eigenvalue weighted by molar-refractivity contribution is 6.39. The number of carboxylic acid groups (broad SMARTS) is 1. The molecule has 35 heavy (non-hydrogen) atoms. The van der Waals surface area contributed by atoms with Gasteiger partial charge in [-0.05, 0) is 68.9 Å². The zero-order chi connectivity index (χ0) is 24.2. The lowest BCUT2D eigenvalue weighted by Gasteiger charge is -2.53. The number of ether oxygens (including phenoxy) is 1. The second kappa shape index (κ2) is 8.64. The van der Waals surface area contributed by atoms with Gasteiger partial charge in [0, 0.05) is 29.8 Å². The molecule has 2 bridgehead atoms. The number of rotatable bonds is 8. The molecule has 0 amide bonds. The van der Waals surface area contributed by atoms with Crippen LogP contribution in [0.15, 0.2) is 35.1 Å². The fourth-order valence-corrected chi connectivity index (χ4v) is 6.44. The number of carbonyl (C=O) groups is 1. The first kappa shape index (κ1) is 23.1. The van der Waals surface area contributed by atoms with Crippen LogP contribution in [0.4, 0.5) is 0 Å². The summed E-state index contributed by atoms with van der Waals surface area (Å²) in [6.07, 6.45) is 11.3. The van der Waals surface area contributed by atoms with Crippen molar-refractivity contribution in [1.82, 2.24) is 14.9 Å². The van der Waals surface area contributed by atoms with Crippen LogP contribution in [0, 0.1) is 5.41 Å². The largest absolute Gasteiger partial charge is 0.478 e. The van der Waals surface area contributed by atoms with E-state index < -0.39 is 5.97 Å². The number of halogens is 2. The molecule has 4 aliphatic carbocycles. The molecule has 2 heterocycles. The van der Waals surface area contributed by atoms with E-state index in [-0.39, 0.29) is 16.6 Å². The number of hydrogen-bond donors (Lipinski definition) is 1. The van der Waals surface area contributed by atoms with E-state index >= 15 is 0 Å². The van der Waals surface area contributed by atoms with Crippen LogP contribution in [0.25, 0.3) is 11.3 Å². The highest BCUT2D eigenvalue weighted by Crippen LogP contribution is 2.55. The summed E-state index contributed by atoms with van der Waals surface area (Å²) >= 11 is 13.0. The van der Waals surface area contributed by atoms with Gasteiger partial charge >= 0.3 is 5.97 Å². The predicted molar refractivity (Wildman–Crippen MR) is 131 cm³/mol. The Kier molecular flexibility index (Phi) is 5.70. The zero-order valence-electron chi connectivity index (χ0n) is 19.3. The minimum atomic E-state index is -0.940. The van der Waals surface area contributed by atoms with E-state index in [1.54, 1.807) is 10.9 Å². The summed E-state index contributed by atoms with van der Waals surface area (Å²) in [5.41, 5.74) is 2.59. The van der Waals surface area contributed by atoms with E-state index in [0.29, 0.717) is 33.8 Å². The van der Waals surface area contributed by atoms with Crippen LogP contribution in [0.2, 0.25) is 10.0 Å². The van der Waals surface area contributed by atoms with Gasteiger partial charge in [-0.2, -0.15) is 5.10 Å². The third-order valence-electron chi connectivity index (χ3n) is 8.20. The number of aromatic nitrogens is 3. The Balaban J connectivity index is 1.18. The van der Waals surface area contributed by atoms with Crippen molar-refractivity contribution >= 4 is 29.2 Å². The Labute approximate surface area is 213 Å². The summed E-state index contributed by atoms with van der Waals surface area (Å²) in [6, 6.07) is 5.46. The fourth-order valence-electron chi connectivity index (χ4n) is 5.86. The molecule has 4 fully saturated rings. The van der Waals surface area contributed by atoms with Crippen molar-refractivity contribution in [3.63, 3.8) is 0 Å². The number of nitrogens with zero attached hydrogens (tertiary/aromatic N) is 3. The Morgan fingerprint density at radius 2 is 1.83 bits per heavy atom. The van der Waals surface area contributed by atoms with Gasteiger partial charge in [0.25, 0.3) is 0 Å². The van der Waals surface area contributed by atoms with Gasteiger partial charge in [0.1, 0.15) is 11.5 Å². The van der Waals surface area contributed by atoms with Crippen molar-refractivity contribution in [3.8, 4) is 11.3 Å². The second-order valence-electron chi connectivity index (χ2n) is 10.4. The molecule has 0 radical (unpaired) electrons. The monoisotopic (exact) mass is 515 g/mol. The molecule has 1 aromatic carbocycles. The lowest BCUT2D eigenvalue weighted by atomic mass is 9.58. The Hall–Kier alpha value is -2.35. The van der Waals surface area contributed by atoms with E-state index in [9.17, 15) is 9.90 Å². The zero-order valence-corrected chi connectivity index (χ0v) is 20.8. The molecule has 0 aliphatic heterocycles. The van der Waals surface area contributed by atoms with Crippen molar-refractivity contribution < 1.29 is 19.2 Å². The molecule has 2 aromatic heterocycles. The fraction of sp³-hybridized carbons (Fsp3) is 0.500. The lowest BCUT2D eigenvalue weighted by molar-refractivity contribution is -0.147. The molecular formula is C26H27Cl2N3O4. The molecule has 0 spiro atoms. The standard InChI is InChI=1S/C26H27Cl2N3O4/c27-19-2-1-3-20(28)21(19)22-18(23(35-30-22)16-4-5-16)14-34-26-9-6-25(7-10-26,8-11-26)15-31-13-17(12-29-31)24(32)33/h1-3,12-13,16H,4-11,14-15H2,(H,32,33). The van der Waals surface area contributed by atoms with Crippen LogP contribution in [-0.4, -0.2) is 31.6 Å². The topological polar surface area (TPSA) is 90.4 Å². The molecule has 0 atom stereocenters. The van der Waals surface area contributed by atoms with Crippen molar-refractivity contribution in [2.75, 3.05) is 0 Å². The van der Waals surface area contributed by atoms with Crippen LogP contribution in [0.3, 0.4) is 0 Å². The Morgan fingerprint density at radius 1 is 1.14 bits per heavy atom. The molecule has 7 nitrogen and oxygen atoms in total. The Bertz CT molecular complexity index is 1230. The number of aromatic carboxylic acids is 1. The first-order chi connectivity index (χ1) is 16.9. The van der Waals surface area contributed by atoms with E-state index in [1.165, 1.54) is 6.20 Å². The lowest BCUT2D eigenvalue weighted by Crippen LogP contribution is -2.49. The van der Waals surface area contributed by atoms with Crippen LogP contribution in [0.1, 0.15) is 79.0 Å². The van der Waals surface area contributed by atoms with E-state index in [4.69, 9.17) is 32.5 Å². The van der Waals surface area contributed by atoms with Gasteiger partial charge in [-0.3, -0.25) is 4.68 Å². The second-order valence-corrected chi connectivity index (χ2v) is 11.3. The van der Waals surface area contributed by atoms with Crippen molar-refractivity contribution in [1.29, 1.82) is 0 Å². The summed E-state index contributed by atoms with van der Waals surface area (Å²) in [5, 5.41) is 19.0. The van der Waals surface area contributed by atoms with E-state index in [2.05, 4.69) is 10.3 Å². The van der Waals surface area contributed by atoms with Gasteiger partial charge in [-0.25, -0.2) is 4.79 Å². The van der Waals surface area contributed by atoms with Gasteiger partial charge in [-0.15, -0.1) is 0 Å². The van der Waals surface area contributed by atoms with Gasteiger partial charge in [0.05, 0.1) is 34.0 Å². The van der Waals surface area contributed by atoms with Crippen LogP contribution < -0.4 is 0 Å². The van der Waals surface area contributed by atoms with Gasteiger partial charge < -0.3 is 14.4 Å². The molecular weight excluding hydrogens is 489 g/mol. The van der Waals surface area contributed by atoms with E-state index in [1.807, 2.05) is 18.2 Å². The molecule has 0 saturated heterocycles. The molecule has 4 aliphatic rings. The minimum Gasteiger partial charge on any atom is -0.478 e. The van der Waals surface area contributed by atoms with Gasteiger partial charge in [0.2, 0.25) is 0 Å². The summed E-state index contributed by atoms with van der Waals surface area (Å²) < 4.78 is 14.3. The van der Waals surface area contributed by atoms with Crippen LogP contribution in [0.5, 0.6) is 0 Å². The van der Waals surface area contributed by atoms with Crippen molar-refractivity contribution in [3.05, 3.63) is 57.5 Å². The summed E-state index contributed by atoms with van der Waals surface area (Å²) in [6.45, 7) is 1.18. The summed E-state index contributed by atoms with van der Waals surface area (Å²) in [7, 11) is 0. The third kappa shape index (κ3) is 4.28. The molecule has 9 heteroatoms. The smallest absolute Gasteiger partial charge is 0.338 e. The normalized spacial score (nSPS) is 25.8. The van der Waals surface area contributed by atoms with Gasteiger partial charge in [-0.1, -0.05) is 34.4 Å². The van der Waals surface area contributed by atoms with Gasteiger partial charge in [0.15, 0.2) is 0 Å².